The number of rotatable bonds is 5. The van der Waals surface area contributed by atoms with Crippen molar-refractivity contribution < 1.29 is 9.60 Å². The largest absolute Gasteiger partial charge is 0.309 e. The van der Waals surface area contributed by atoms with Crippen molar-refractivity contribution >= 4 is 75.1 Å². The number of nitrogens with zero attached hydrogens (tertiary/aromatic N) is 2. The molecule has 0 unspecified atom stereocenters. The maximum absolute atomic E-state index is 9.92. The summed E-state index contributed by atoms with van der Waals surface area (Å²) < 4.78 is 71.1. The molecule has 2 nitrogen and oxygen atoms in total. The van der Waals surface area contributed by atoms with E-state index in [4.69, 9.17) is 2.74 Å². The van der Waals surface area contributed by atoms with Crippen LogP contribution < -0.4 is 0 Å². The second-order valence-electron chi connectivity index (χ2n) is 14.4. The van der Waals surface area contributed by atoms with Gasteiger partial charge in [-0.25, -0.2) is 0 Å². The maximum Gasteiger partial charge on any atom is 0.0645 e. The Hall–Kier alpha value is -7.20. The first-order chi connectivity index (χ1) is 31.2. The second kappa shape index (κ2) is 12.7. The number of aromatic nitrogens is 2. The number of hydrogen-bond donors (Lipinski definition) is 0. The average molecular weight is 750 g/mol. The van der Waals surface area contributed by atoms with Crippen LogP contribution in [0.2, 0.25) is 0 Å². The number of hydrogen-bond acceptors (Lipinski definition) is 1. The molecule has 9 aromatic carbocycles. The van der Waals surface area contributed by atoms with Gasteiger partial charge in [-0.15, -0.1) is 11.3 Å². The Morgan fingerprint density at radius 2 is 0.947 bits per heavy atom. The van der Waals surface area contributed by atoms with Crippen molar-refractivity contribution in [2.75, 3.05) is 0 Å². The minimum absolute atomic E-state index is 0.0707. The Labute approximate surface area is 343 Å². The number of fused-ring (bicyclic) bond motifs is 9. The van der Waals surface area contributed by atoms with E-state index in [2.05, 4.69) is 83.4 Å². The number of benzene rings is 9. The van der Waals surface area contributed by atoms with E-state index in [9.17, 15) is 6.85 Å². The lowest BCUT2D eigenvalue weighted by Gasteiger charge is -2.11. The zero-order valence-electron chi connectivity index (χ0n) is 37.4. The molecular weight excluding hydrogens is 709 g/mol. The summed E-state index contributed by atoms with van der Waals surface area (Å²) in [6.07, 6.45) is 0. The van der Waals surface area contributed by atoms with Crippen LogP contribution in [0.3, 0.4) is 0 Å². The Kier molecular flexibility index (Phi) is 5.74. The molecule has 0 aliphatic heterocycles. The zero-order chi connectivity index (χ0) is 43.5. The average Bonchev–Trinajstić information content (AvgIpc) is 4.00. The molecule has 12 aromatic rings. The molecule has 0 radical (unpaired) electrons. The van der Waals surface area contributed by atoms with Gasteiger partial charge in [0.15, 0.2) is 0 Å². The number of thiophene rings is 1. The first-order valence-corrected chi connectivity index (χ1v) is 19.8. The van der Waals surface area contributed by atoms with Crippen LogP contribution in [-0.2, 0) is 0 Å². The fourth-order valence-electron chi connectivity index (χ4n) is 8.47. The van der Waals surface area contributed by atoms with Gasteiger partial charge in [-0.05, 0) is 100 Å². The molecular formula is C54H34N2S. The van der Waals surface area contributed by atoms with Crippen molar-refractivity contribution in [3.8, 4) is 44.8 Å². The Morgan fingerprint density at radius 3 is 1.79 bits per heavy atom. The highest BCUT2D eigenvalue weighted by molar-refractivity contribution is 7.25. The molecule has 12 rings (SSSR count). The highest BCUT2D eigenvalue weighted by atomic mass is 32.1. The molecule has 0 aliphatic rings. The van der Waals surface area contributed by atoms with Crippen LogP contribution in [0.5, 0.6) is 0 Å². The van der Waals surface area contributed by atoms with Crippen LogP contribution in [0.4, 0.5) is 0 Å². The van der Waals surface area contributed by atoms with Crippen LogP contribution in [0, 0.1) is 0 Å². The van der Waals surface area contributed by atoms with Gasteiger partial charge in [-0.2, -0.15) is 0 Å². The third kappa shape index (κ3) is 5.10. The lowest BCUT2D eigenvalue weighted by molar-refractivity contribution is 1.18. The summed E-state index contributed by atoms with van der Waals surface area (Å²) in [7, 11) is 0. The quantitative estimate of drug-likeness (QED) is 0.166. The maximum atomic E-state index is 9.92. The van der Waals surface area contributed by atoms with E-state index >= 15 is 0 Å². The highest BCUT2D eigenvalue weighted by Gasteiger charge is 2.18. The summed E-state index contributed by atoms with van der Waals surface area (Å²) in [5, 5.41) is 4.43. The van der Waals surface area contributed by atoms with Gasteiger partial charge in [-0.1, -0.05) is 139 Å². The Bertz CT molecular complexity index is 3910. The summed E-state index contributed by atoms with van der Waals surface area (Å²) in [6.45, 7) is 0. The molecule has 0 N–H and O–H groups in total. The van der Waals surface area contributed by atoms with Gasteiger partial charge in [0, 0.05) is 53.1 Å². The smallest absolute Gasteiger partial charge is 0.0645 e. The Morgan fingerprint density at radius 1 is 0.333 bits per heavy atom. The predicted octanol–water partition coefficient (Wildman–Crippen LogP) is 15.2. The fourth-order valence-corrected chi connectivity index (χ4v) is 9.61. The van der Waals surface area contributed by atoms with Gasteiger partial charge in [0.25, 0.3) is 0 Å². The second-order valence-corrected chi connectivity index (χ2v) is 15.5. The normalized spacial score (nSPS) is 13.6. The van der Waals surface area contributed by atoms with Crippen molar-refractivity contribution in [2.24, 2.45) is 0 Å². The molecule has 0 spiro atoms. The highest BCUT2D eigenvalue weighted by Crippen LogP contribution is 2.41. The topological polar surface area (TPSA) is 9.86 Å². The monoisotopic (exact) mass is 749 g/mol. The van der Waals surface area contributed by atoms with E-state index in [1.807, 2.05) is 84.9 Å². The summed E-state index contributed by atoms with van der Waals surface area (Å²) >= 11 is 1.62. The van der Waals surface area contributed by atoms with Gasteiger partial charge in [0.2, 0.25) is 0 Å². The van der Waals surface area contributed by atoms with E-state index in [1.165, 1.54) is 0 Å². The van der Waals surface area contributed by atoms with Gasteiger partial charge in [0.1, 0.15) is 0 Å². The predicted molar refractivity (Wildman–Crippen MR) is 244 cm³/mol. The SMILES string of the molecule is [2H]c1c([2H])c([2H])c2c(c1[2H])c1c([2H])c(-c3ccc4c(c3)c3ccc(-c5ccccc5)cc3n4-c3ccc(-c4ccccc4)cc3)c([2H])c([2H])c1n2-c1ccc2c(c1)sc1ccccc12. The molecule has 0 saturated carbocycles. The minimum atomic E-state index is -0.417. The van der Waals surface area contributed by atoms with Crippen LogP contribution >= 0.6 is 11.3 Å². The van der Waals surface area contributed by atoms with Gasteiger partial charge in [-0.3, -0.25) is 0 Å². The van der Waals surface area contributed by atoms with Crippen molar-refractivity contribution in [3.63, 3.8) is 0 Å². The van der Waals surface area contributed by atoms with Crippen LogP contribution in [0.25, 0.3) is 109 Å². The van der Waals surface area contributed by atoms with Crippen molar-refractivity contribution in [3.05, 3.63) is 206 Å². The lowest BCUT2D eigenvalue weighted by Crippen LogP contribution is -1.94. The third-order valence-corrected chi connectivity index (χ3v) is 12.3. The first kappa shape index (κ1) is 25.8. The molecule has 57 heavy (non-hydrogen) atoms. The van der Waals surface area contributed by atoms with Gasteiger partial charge >= 0.3 is 0 Å². The van der Waals surface area contributed by atoms with E-state index in [0.717, 1.165) is 69.9 Å². The Balaban J connectivity index is 1.11. The number of para-hydroxylation sites is 1. The van der Waals surface area contributed by atoms with Crippen molar-refractivity contribution in [1.29, 1.82) is 0 Å². The van der Waals surface area contributed by atoms with Crippen LogP contribution in [0.1, 0.15) is 9.60 Å². The summed E-state index contributed by atoms with van der Waals surface area (Å²) in [5.41, 5.74) is 9.05. The van der Waals surface area contributed by atoms with Crippen molar-refractivity contribution in [2.45, 2.75) is 0 Å². The zero-order valence-corrected chi connectivity index (χ0v) is 31.2. The van der Waals surface area contributed by atoms with Crippen molar-refractivity contribution in [1.82, 2.24) is 9.13 Å². The van der Waals surface area contributed by atoms with E-state index in [0.29, 0.717) is 11.3 Å². The molecule has 266 valence electrons. The molecule has 0 amide bonds. The lowest BCUT2D eigenvalue weighted by atomic mass is 9.99. The molecule has 0 bridgehead atoms. The van der Waals surface area contributed by atoms with Crippen LogP contribution in [-0.4, -0.2) is 9.13 Å². The molecule has 0 atom stereocenters. The molecule has 0 aliphatic carbocycles. The third-order valence-electron chi connectivity index (χ3n) is 11.2. The van der Waals surface area contributed by atoms with Gasteiger partial charge in [0.05, 0.1) is 31.7 Å². The first-order valence-electron chi connectivity index (χ1n) is 22.4. The molecule has 3 aromatic heterocycles. The fraction of sp³-hybridized carbons (Fsp3) is 0. The molecule has 3 heterocycles. The minimum Gasteiger partial charge on any atom is -0.309 e. The van der Waals surface area contributed by atoms with E-state index in [1.54, 1.807) is 15.9 Å². The van der Waals surface area contributed by atoms with Gasteiger partial charge < -0.3 is 9.13 Å². The van der Waals surface area contributed by atoms with E-state index in [-0.39, 0.29) is 57.6 Å². The van der Waals surface area contributed by atoms with Crippen LogP contribution in [0.15, 0.2) is 206 Å². The summed E-state index contributed by atoms with van der Waals surface area (Å²) in [4.78, 5) is 0. The molecule has 3 heteroatoms. The summed E-state index contributed by atoms with van der Waals surface area (Å²) in [6, 6.07) is 53.7. The standard InChI is InChI=1S/C54H34N2S/c1-3-11-35(12-4-1)37-19-24-41(25-20-37)55-50-29-22-39(32-48(50)44-27-21-40(33-52(44)55)36-13-5-2-6-14-36)38-23-30-51-47(31-38)43-15-7-9-17-49(43)56(51)42-26-28-46-45-16-8-10-18-53(45)57-54(46)34-42/h1-34H/i7D,9D,15D,17D,23D,30D,31D. The molecule has 0 saturated heterocycles. The van der Waals surface area contributed by atoms with E-state index < -0.39 is 12.1 Å². The molecule has 0 fully saturated rings. The summed E-state index contributed by atoms with van der Waals surface area (Å²) in [5.74, 6) is 0.